The lowest BCUT2D eigenvalue weighted by molar-refractivity contribution is 0.423. The summed E-state index contributed by atoms with van der Waals surface area (Å²) in [5.74, 6) is 1.82. The van der Waals surface area contributed by atoms with Crippen molar-refractivity contribution in [2.24, 2.45) is 0 Å². The van der Waals surface area contributed by atoms with Crippen LogP contribution >= 0.6 is 27.3 Å². The van der Waals surface area contributed by atoms with Crippen LogP contribution in [-0.4, -0.2) is 16.1 Å². The topological polar surface area (TPSA) is 29.9 Å². The maximum Gasteiger partial charge on any atom is 0.113 e. The molecular formula is C13H16BrN3S. The molecule has 0 radical (unpaired) electrons. The first-order valence-electron chi connectivity index (χ1n) is 6.29. The molecule has 0 bridgehead atoms. The van der Waals surface area contributed by atoms with Gasteiger partial charge in [-0.05, 0) is 40.9 Å². The Labute approximate surface area is 119 Å². The van der Waals surface area contributed by atoms with Crippen molar-refractivity contribution >= 4 is 27.3 Å². The minimum Gasteiger partial charge on any atom is -0.335 e. The Bertz CT molecular complexity index is 520. The van der Waals surface area contributed by atoms with Gasteiger partial charge >= 0.3 is 0 Å². The minimum absolute atomic E-state index is 0.567. The third kappa shape index (κ3) is 2.68. The summed E-state index contributed by atoms with van der Waals surface area (Å²) in [7, 11) is 0. The molecule has 3 nitrogen and oxygen atoms in total. The Morgan fingerprint density at radius 2 is 2.44 bits per heavy atom. The zero-order chi connectivity index (χ0) is 12.4. The Balaban J connectivity index is 1.55. The number of rotatable bonds is 4. The second-order valence-electron chi connectivity index (χ2n) is 4.65. The van der Waals surface area contributed by atoms with Gasteiger partial charge in [-0.1, -0.05) is 0 Å². The highest BCUT2D eigenvalue weighted by atomic mass is 79.9. The van der Waals surface area contributed by atoms with Crippen LogP contribution in [0.4, 0.5) is 0 Å². The standard InChI is InChI=1S/C13H16BrN3S/c14-12-4-3-11(18-12)9-15-8-10-2-1-6-17-7-5-16-13(10)17/h3-5,7,10,15H,1-2,6,8-9H2/t10-/m0/s1. The number of thiophene rings is 1. The van der Waals surface area contributed by atoms with Gasteiger partial charge in [0.15, 0.2) is 0 Å². The molecule has 2 aromatic heterocycles. The van der Waals surface area contributed by atoms with E-state index in [2.05, 4.69) is 49.1 Å². The predicted molar refractivity (Wildman–Crippen MR) is 77.9 cm³/mol. The van der Waals surface area contributed by atoms with Gasteiger partial charge in [0.2, 0.25) is 0 Å². The lowest BCUT2D eigenvalue weighted by Crippen LogP contribution is -2.26. The number of imidazole rings is 1. The van der Waals surface area contributed by atoms with Gasteiger partial charge < -0.3 is 9.88 Å². The lowest BCUT2D eigenvalue weighted by atomic mass is 9.99. The molecule has 0 aliphatic carbocycles. The molecule has 0 fully saturated rings. The van der Waals surface area contributed by atoms with Crippen molar-refractivity contribution in [3.63, 3.8) is 0 Å². The van der Waals surface area contributed by atoms with E-state index in [1.165, 1.54) is 27.3 Å². The largest absolute Gasteiger partial charge is 0.335 e. The second kappa shape index (κ2) is 5.55. The van der Waals surface area contributed by atoms with Crippen LogP contribution in [0.15, 0.2) is 28.3 Å². The molecule has 0 saturated heterocycles. The van der Waals surface area contributed by atoms with Crippen LogP contribution in [0, 0.1) is 0 Å². The van der Waals surface area contributed by atoms with Gasteiger partial charge in [0.25, 0.3) is 0 Å². The molecule has 0 unspecified atom stereocenters. The number of fused-ring (bicyclic) bond motifs is 1. The van der Waals surface area contributed by atoms with Gasteiger partial charge in [0, 0.05) is 42.8 Å². The molecule has 3 rings (SSSR count). The molecule has 0 aromatic carbocycles. The molecule has 1 N–H and O–H groups in total. The van der Waals surface area contributed by atoms with Crippen molar-refractivity contribution in [2.75, 3.05) is 6.54 Å². The van der Waals surface area contributed by atoms with Crippen LogP contribution < -0.4 is 5.32 Å². The number of aromatic nitrogens is 2. The summed E-state index contributed by atoms with van der Waals surface area (Å²) in [4.78, 5) is 5.86. The number of hydrogen-bond acceptors (Lipinski definition) is 3. The highest BCUT2D eigenvalue weighted by Gasteiger charge is 2.20. The van der Waals surface area contributed by atoms with Crippen molar-refractivity contribution in [3.8, 4) is 0 Å². The van der Waals surface area contributed by atoms with Gasteiger partial charge in [-0.3, -0.25) is 0 Å². The van der Waals surface area contributed by atoms with Crippen LogP contribution in [0.25, 0.3) is 0 Å². The highest BCUT2D eigenvalue weighted by Crippen LogP contribution is 2.25. The smallest absolute Gasteiger partial charge is 0.113 e. The summed E-state index contributed by atoms with van der Waals surface area (Å²) in [6.07, 6.45) is 6.53. The summed E-state index contributed by atoms with van der Waals surface area (Å²) in [5.41, 5.74) is 0. The first-order valence-corrected chi connectivity index (χ1v) is 7.90. The van der Waals surface area contributed by atoms with E-state index >= 15 is 0 Å². The van der Waals surface area contributed by atoms with E-state index < -0.39 is 0 Å². The van der Waals surface area contributed by atoms with E-state index in [1.54, 1.807) is 11.3 Å². The van der Waals surface area contributed by atoms with Gasteiger partial charge in [-0.15, -0.1) is 11.3 Å². The Kier molecular flexibility index (Phi) is 3.82. The SMILES string of the molecule is Brc1ccc(CNC[C@@H]2CCCn3ccnc32)s1. The molecule has 0 spiro atoms. The summed E-state index contributed by atoms with van der Waals surface area (Å²) in [6, 6.07) is 4.28. The molecule has 0 amide bonds. The van der Waals surface area contributed by atoms with Crippen molar-refractivity contribution < 1.29 is 0 Å². The number of nitrogens with zero attached hydrogens (tertiary/aromatic N) is 2. The average molecular weight is 326 g/mol. The average Bonchev–Trinajstić information content (AvgIpc) is 2.98. The van der Waals surface area contributed by atoms with E-state index in [0.717, 1.165) is 19.6 Å². The van der Waals surface area contributed by atoms with Crippen LogP contribution in [0.3, 0.4) is 0 Å². The summed E-state index contributed by atoms with van der Waals surface area (Å²) in [6.45, 7) is 3.10. The Morgan fingerprint density at radius 1 is 1.50 bits per heavy atom. The van der Waals surface area contributed by atoms with E-state index in [4.69, 9.17) is 0 Å². The number of halogens is 1. The number of nitrogens with one attached hydrogen (secondary N) is 1. The highest BCUT2D eigenvalue weighted by molar-refractivity contribution is 9.11. The van der Waals surface area contributed by atoms with E-state index in [0.29, 0.717) is 5.92 Å². The van der Waals surface area contributed by atoms with Crippen LogP contribution in [0.2, 0.25) is 0 Å². The molecule has 1 aliphatic rings. The molecule has 1 atom stereocenters. The lowest BCUT2D eigenvalue weighted by Gasteiger charge is -2.23. The van der Waals surface area contributed by atoms with E-state index in [1.807, 2.05) is 6.20 Å². The maximum atomic E-state index is 4.49. The fourth-order valence-electron chi connectivity index (χ4n) is 2.52. The molecule has 1 aliphatic heterocycles. The maximum absolute atomic E-state index is 4.49. The van der Waals surface area contributed by atoms with Gasteiger partial charge in [0.1, 0.15) is 5.82 Å². The molecule has 18 heavy (non-hydrogen) atoms. The Morgan fingerprint density at radius 3 is 3.28 bits per heavy atom. The normalized spacial score (nSPS) is 18.8. The van der Waals surface area contributed by atoms with Crippen molar-refractivity contribution in [1.82, 2.24) is 14.9 Å². The monoisotopic (exact) mass is 325 g/mol. The van der Waals surface area contributed by atoms with Gasteiger partial charge in [0.05, 0.1) is 3.79 Å². The van der Waals surface area contributed by atoms with Crippen molar-refractivity contribution in [1.29, 1.82) is 0 Å². The summed E-state index contributed by atoms with van der Waals surface area (Å²) < 4.78 is 3.49. The van der Waals surface area contributed by atoms with Gasteiger partial charge in [-0.25, -0.2) is 4.98 Å². The first kappa shape index (κ1) is 12.4. The van der Waals surface area contributed by atoms with E-state index in [9.17, 15) is 0 Å². The molecule has 96 valence electrons. The minimum atomic E-state index is 0.567. The summed E-state index contributed by atoms with van der Waals surface area (Å²) in [5, 5.41) is 3.55. The first-order chi connectivity index (χ1) is 8.83. The molecular weight excluding hydrogens is 310 g/mol. The third-order valence-electron chi connectivity index (χ3n) is 3.38. The van der Waals surface area contributed by atoms with Crippen LogP contribution in [0.5, 0.6) is 0 Å². The third-order valence-corrected chi connectivity index (χ3v) is 5.01. The zero-order valence-electron chi connectivity index (χ0n) is 10.1. The second-order valence-corrected chi connectivity index (χ2v) is 7.20. The van der Waals surface area contributed by atoms with Crippen LogP contribution in [0.1, 0.15) is 29.5 Å². The quantitative estimate of drug-likeness (QED) is 0.933. The van der Waals surface area contributed by atoms with Gasteiger partial charge in [-0.2, -0.15) is 0 Å². The van der Waals surface area contributed by atoms with Crippen LogP contribution in [-0.2, 0) is 13.1 Å². The molecule has 0 saturated carbocycles. The fourth-order valence-corrected chi connectivity index (χ4v) is 3.97. The van der Waals surface area contributed by atoms with Crippen molar-refractivity contribution in [2.45, 2.75) is 31.8 Å². The Hall–Kier alpha value is -0.650. The number of hydrogen-bond donors (Lipinski definition) is 1. The fraction of sp³-hybridized carbons (Fsp3) is 0.462. The summed E-state index contributed by atoms with van der Waals surface area (Å²) >= 11 is 5.29. The predicted octanol–water partition coefficient (Wildman–Crippen LogP) is 3.37. The van der Waals surface area contributed by atoms with Crippen molar-refractivity contribution in [3.05, 3.63) is 39.0 Å². The zero-order valence-corrected chi connectivity index (χ0v) is 12.5. The molecule has 2 aromatic rings. The number of aryl methyl sites for hydroxylation is 1. The molecule has 3 heterocycles. The van der Waals surface area contributed by atoms with E-state index in [-0.39, 0.29) is 0 Å². The molecule has 5 heteroatoms.